The number of carbonyl (C=O) groups is 1. The van der Waals surface area contributed by atoms with Crippen LogP contribution in [0.1, 0.15) is 36.4 Å². The van der Waals surface area contributed by atoms with Gasteiger partial charge in [-0.2, -0.15) is 0 Å². The molecule has 0 saturated carbocycles. The molecule has 3 aromatic rings. The minimum Gasteiger partial charge on any atom is -0.493 e. The van der Waals surface area contributed by atoms with Gasteiger partial charge in [-0.15, -0.1) is 0 Å². The summed E-state index contributed by atoms with van der Waals surface area (Å²) < 4.78 is 16.7. The molecule has 2 atom stereocenters. The summed E-state index contributed by atoms with van der Waals surface area (Å²) in [7, 11) is 4.74. The molecule has 0 bridgehead atoms. The van der Waals surface area contributed by atoms with E-state index in [4.69, 9.17) is 14.2 Å². The Morgan fingerprint density at radius 2 is 1.75 bits per heavy atom. The zero-order valence-electron chi connectivity index (χ0n) is 18.6. The third-order valence-electron chi connectivity index (χ3n) is 6.14. The SMILES string of the molecule is COc1cc(C(c2ccc3cnccc3c2)N2CCCCC2C(=O)O)cc(OC)c1OC. The summed E-state index contributed by atoms with van der Waals surface area (Å²) in [6.07, 6.45) is 6.06. The molecule has 2 aromatic carbocycles. The number of benzene rings is 2. The third kappa shape index (κ3) is 4.08. The zero-order valence-corrected chi connectivity index (χ0v) is 18.6. The van der Waals surface area contributed by atoms with Gasteiger partial charge in [0.2, 0.25) is 5.75 Å². The van der Waals surface area contributed by atoms with Crippen LogP contribution >= 0.6 is 0 Å². The molecule has 1 aromatic heterocycles. The monoisotopic (exact) mass is 436 g/mol. The van der Waals surface area contributed by atoms with E-state index in [1.165, 1.54) is 0 Å². The van der Waals surface area contributed by atoms with Crippen LogP contribution < -0.4 is 14.2 Å². The second-order valence-electron chi connectivity index (χ2n) is 7.93. The first-order valence-corrected chi connectivity index (χ1v) is 10.7. The molecular weight excluding hydrogens is 408 g/mol. The molecule has 7 nitrogen and oxygen atoms in total. The predicted octanol–water partition coefficient (Wildman–Crippen LogP) is 4.29. The molecule has 1 saturated heterocycles. The van der Waals surface area contributed by atoms with Crippen molar-refractivity contribution in [3.05, 3.63) is 59.9 Å². The largest absolute Gasteiger partial charge is 0.493 e. The van der Waals surface area contributed by atoms with Crippen LogP contribution in [0.2, 0.25) is 0 Å². The molecule has 0 amide bonds. The average molecular weight is 437 g/mol. The van der Waals surface area contributed by atoms with Crippen LogP contribution in [0.5, 0.6) is 17.2 Å². The first kappa shape index (κ1) is 21.9. The molecule has 0 radical (unpaired) electrons. The predicted molar refractivity (Wildman–Crippen MR) is 122 cm³/mol. The fraction of sp³-hybridized carbons (Fsp3) is 0.360. The van der Waals surface area contributed by atoms with Crippen molar-refractivity contribution in [1.82, 2.24) is 9.88 Å². The fourth-order valence-electron chi connectivity index (χ4n) is 4.63. The average Bonchev–Trinajstić information content (AvgIpc) is 2.83. The van der Waals surface area contributed by atoms with Crippen molar-refractivity contribution < 1.29 is 24.1 Å². The van der Waals surface area contributed by atoms with Crippen molar-refractivity contribution in [2.24, 2.45) is 0 Å². The van der Waals surface area contributed by atoms with Crippen molar-refractivity contribution >= 4 is 16.7 Å². The number of aromatic nitrogens is 1. The molecule has 4 rings (SSSR count). The lowest BCUT2D eigenvalue weighted by molar-refractivity contribution is -0.145. The number of likely N-dealkylation sites (tertiary alicyclic amines) is 1. The van der Waals surface area contributed by atoms with Gasteiger partial charge in [-0.05, 0) is 60.2 Å². The molecule has 2 heterocycles. The van der Waals surface area contributed by atoms with E-state index in [2.05, 4.69) is 16.0 Å². The number of carboxylic acid groups (broad SMARTS) is 1. The van der Waals surface area contributed by atoms with E-state index in [1.54, 1.807) is 27.5 Å². The highest BCUT2D eigenvalue weighted by atomic mass is 16.5. The highest BCUT2D eigenvalue weighted by Gasteiger charge is 2.36. The van der Waals surface area contributed by atoms with E-state index < -0.39 is 12.0 Å². The second kappa shape index (κ2) is 9.44. The van der Waals surface area contributed by atoms with Gasteiger partial charge in [0.25, 0.3) is 0 Å². The number of pyridine rings is 1. The molecule has 168 valence electrons. The van der Waals surface area contributed by atoms with Gasteiger partial charge < -0.3 is 19.3 Å². The minimum absolute atomic E-state index is 0.289. The van der Waals surface area contributed by atoms with Gasteiger partial charge in [0.1, 0.15) is 6.04 Å². The molecule has 0 aliphatic carbocycles. The summed E-state index contributed by atoms with van der Waals surface area (Å²) in [6, 6.07) is 11.1. The molecule has 1 aliphatic rings. The maximum atomic E-state index is 12.2. The quantitative estimate of drug-likeness (QED) is 0.592. The number of hydrogen-bond donors (Lipinski definition) is 1. The highest BCUT2D eigenvalue weighted by Crippen LogP contribution is 2.43. The van der Waals surface area contributed by atoms with Crippen molar-refractivity contribution in [3.8, 4) is 17.2 Å². The second-order valence-corrected chi connectivity index (χ2v) is 7.93. The van der Waals surface area contributed by atoms with E-state index in [0.29, 0.717) is 30.2 Å². The molecule has 0 spiro atoms. The van der Waals surface area contributed by atoms with Crippen molar-refractivity contribution in [3.63, 3.8) is 0 Å². The number of hydrogen-bond acceptors (Lipinski definition) is 6. The van der Waals surface area contributed by atoms with Gasteiger partial charge in [-0.25, -0.2) is 0 Å². The Morgan fingerprint density at radius 3 is 2.41 bits per heavy atom. The number of ether oxygens (including phenoxy) is 3. The number of nitrogens with zero attached hydrogens (tertiary/aromatic N) is 2. The molecule has 1 aliphatic heterocycles. The lowest BCUT2D eigenvalue weighted by Crippen LogP contribution is -2.46. The lowest BCUT2D eigenvalue weighted by atomic mass is 9.90. The number of methoxy groups -OCH3 is 3. The number of aliphatic carboxylic acids is 1. The highest BCUT2D eigenvalue weighted by molar-refractivity contribution is 5.82. The smallest absolute Gasteiger partial charge is 0.320 e. The Balaban J connectivity index is 1.92. The number of rotatable bonds is 7. The molecule has 7 heteroatoms. The Labute approximate surface area is 187 Å². The minimum atomic E-state index is -0.799. The van der Waals surface area contributed by atoms with Gasteiger partial charge in [-0.1, -0.05) is 18.6 Å². The van der Waals surface area contributed by atoms with Crippen LogP contribution in [-0.4, -0.2) is 54.9 Å². The Morgan fingerprint density at radius 1 is 1.00 bits per heavy atom. The first-order chi connectivity index (χ1) is 15.6. The van der Waals surface area contributed by atoms with E-state index in [1.807, 2.05) is 36.5 Å². The van der Waals surface area contributed by atoms with Crippen molar-refractivity contribution in [2.75, 3.05) is 27.9 Å². The lowest BCUT2D eigenvalue weighted by Gasteiger charge is -2.40. The molecule has 2 unspecified atom stereocenters. The van der Waals surface area contributed by atoms with Gasteiger partial charge in [0.15, 0.2) is 11.5 Å². The van der Waals surface area contributed by atoms with Gasteiger partial charge in [0, 0.05) is 17.8 Å². The van der Waals surface area contributed by atoms with Gasteiger partial charge in [0.05, 0.1) is 27.4 Å². The molecule has 1 fully saturated rings. The van der Waals surface area contributed by atoms with Crippen LogP contribution in [0.15, 0.2) is 48.8 Å². The summed E-state index contributed by atoms with van der Waals surface area (Å²) in [5, 5.41) is 12.1. The maximum Gasteiger partial charge on any atom is 0.320 e. The standard InChI is InChI=1S/C25H28N2O5/c1-30-21-13-19(14-22(31-2)24(21)32-3)23(27-11-5-4-6-20(27)25(28)29)17-7-8-18-15-26-10-9-16(18)12-17/h7-10,12-15,20,23H,4-6,11H2,1-3H3,(H,28,29). The molecule has 32 heavy (non-hydrogen) atoms. The van der Waals surface area contributed by atoms with Crippen molar-refractivity contribution in [1.29, 1.82) is 0 Å². The van der Waals surface area contributed by atoms with E-state index in [9.17, 15) is 9.90 Å². The van der Waals surface area contributed by atoms with Crippen LogP contribution in [0.25, 0.3) is 10.8 Å². The first-order valence-electron chi connectivity index (χ1n) is 10.7. The van der Waals surface area contributed by atoms with Gasteiger partial charge >= 0.3 is 5.97 Å². The van der Waals surface area contributed by atoms with E-state index in [0.717, 1.165) is 34.7 Å². The normalized spacial score (nSPS) is 17.7. The summed E-state index contributed by atoms with van der Waals surface area (Å²) in [5.74, 6) is 0.795. The third-order valence-corrected chi connectivity index (χ3v) is 6.14. The van der Waals surface area contributed by atoms with E-state index >= 15 is 0 Å². The van der Waals surface area contributed by atoms with Crippen molar-refractivity contribution in [2.45, 2.75) is 31.3 Å². The number of piperidine rings is 1. The Kier molecular flexibility index (Phi) is 6.46. The summed E-state index contributed by atoms with van der Waals surface area (Å²) in [5.41, 5.74) is 1.90. The Bertz CT molecular complexity index is 1090. The maximum absolute atomic E-state index is 12.2. The van der Waals surface area contributed by atoms with Gasteiger partial charge in [-0.3, -0.25) is 14.7 Å². The summed E-state index contributed by atoms with van der Waals surface area (Å²) in [6.45, 7) is 0.687. The van der Waals surface area contributed by atoms with E-state index in [-0.39, 0.29) is 6.04 Å². The summed E-state index contributed by atoms with van der Waals surface area (Å²) >= 11 is 0. The molecule has 1 N–H and O–H groups in total. The Hall–Kier alpha value is -3.32. The fourth-order valence-corrected chi connectivity index (χ4v) is 4.63. The number of fused-ring (bicyclic) bond motifs is 1. The van der Waals surface area contributed by atoms with Crippen LogP contribution in [0.4, 0.5) is 0 Å². The zero-order chi connectivity index (χ0) is 22.7. The molecular formula is C25H28N2O5. The summed E-state index contributed by atoms with van der Waals surface area (Å²) in [4.78, 5) is 18.4. The van der Waals surface area contributed by atoms with Crippen LogP contribution in [0, 0.1) is 0 Å². The number of carboxylic acids is 1. The van der Waals surface area contributed by atoms with Crippen LogP contribution in [-0.2, 0) is 4.79 Å². The van der Waals surface area contributed by atoms with Crippen LogP contribution in [0.3, 0.4) is 0 Å². The topological polar surface area (TPSA) is 81.1 Å².